The number of pyridine rings is 1. The molecule has 2 aromatic rings. The number of nitrogens with zero attached hydrogens (tertiary/aromatic N) is 1. The van der Waals surface area contributed by atoms with Crippen LogP contribution in [-0.2, 0) is 0 Å². The minimum absolute atomic E-state index is 0.0948. The number of ether oxygens (including phenoxy) is 1. The highest BCUT2D eigenvalue weighted by atomic mass is 19.1. The Bertz CT molecular complexity index is 644. The number of aromatic nitrogens is 1. The first-order chi connectivity index (χ1) is 8.97. The molecule has 1 aromatic carbocycles. The van der Waals surface area contributed by atoms with Crippen molar-refractivity contribution in [3.05, 3.63) is 53.2 Å². The zero-order valence-electron chi connectivity index (χ0n) is 9.85. The molecule has 0 spiro atoms. The van der Waals surface area contributed by atoms with Crippen molar-refractivity contribution in [2.75, 3.05) is 0 Å². The maximum atomic E-state index is 13.4. The highest BCUT2D eigenvalue weighted by Gasteiger charge is 2.11. The average Bonchev–Trinajstić information content (AvgIpc) is 2.34. The van der Waals surface area contributed by atoms with Crippen LogP contribution in [0.5, 0.6) is 11.6 Å². The third-order valence-corrected chi connectivity index (χ3v) is 2.40. The van der Waals surface area contributed by atoms with E-state index in [9.17, 15) is 13.6 Å². The molecule has 0 amide bonds. The van der Waals surface area contributed by atoms with Gasteiger partial charge in [0, 0.05) is 6.07 Å². The molecular formula is C13H9F2NO3. The summed E-state index contributed by atoms with van der Waals surface area (Å²) in [6.07, 6.45) is 0.833. The Morgan fingerprint density at radius 1 is 1.32 bits per heavy atom. The van der Waals surface area contributed by atoms with Crippen LogP contribution in [0.15, 0.2) is 30.5 Å². The molecule has 19 heavy (non-hydrogen) atoms. The topological polar surface area (TPSA) is 59.4 Å². The van der Waals surface area contributed by atoms with Crippen molar-refractivity contribution < 1.29 is 23.4 Å². The van der Waals surface area contributed by atoms with Crippen LogP contribution in [0.1, 0.15) is 15.9 Å². The number of aromatic carboxylic acids is 1. The van der Waals surface area contributed by atoms with Crippen LogP contribution < -0.4 is 4.74 Å². The van der Waals surface area contributed by atoms with E-state index in [1.807, 2.05) is 0 Å². The molecule has 0 aliphatic rings. The van der Waals surface area contributed by atoms with E-state index in [-0.39, 0.29) is 17.2 Å². The van der Waals surface area contributed by atoms with Gasteiger partial charge in [-0.15, -0.1) is 0 Å². The molecule has 1 aromatic heterocycles. The second kappa shape index (κ2) is 5.01. The Hall–Kier alpha value is -2.50. The van der Waals surface area contributed by atoms with Gasteiger partial charge in [0.2, 0.25) is 0 Å². The van der Waals surface area contributed by atoms with Gasteiger partial charge in [-0.2, -0.15) is 0 Å². The van der Waals surface area contributed by atoms with E-state index in [1.165, 1.54) is 18.2 Å². The molecule has 0 saturated carbocycles. The van der Waals surface area contributed by atoms with Crippen molar-refractivity contribution in [1.82, 2.24) is 4.98 Å². The quantitative estimate of drug-likeness (QED) is 0.926. The van der Waals surface area contributed by atoms with Crippen molar-refractivity contribution in [2.24, 2.45) is 0 Å². The maximum absolute atomic E-state index is 13.4. The number of hydrogen-bond acceptors (Lipinski definition) is 3. The van der Waals surface area contributed by atoms with Crippen molar-refractivity contribution >= 4 is 5.97 Å². The summed E-state index contributed by atoms with van der Waals surface area (Å²) >= 11 is 0. The first-order valence-electron chi connectivity index (χ1n) is 5.30. The standard InChI is InChI=1S/C13H9F2NO3/c1-7-4-8(13(17)18)2-3-11(7)19-12-10(15)5-9(14)6-16-12/h2-6H,1H3,(H,17,18). The molecule has 6 heteroatoms. The lowest BCUT2D eigenvalue weighted by atomic mass is 10.1. The Labute approximate surface area is 107 Å². The SMILES string of the molecule is Cc1cc(C(=O)O)ccc1Oc1ncc(F)cc1F. The fourth-order valence-electron chi connectivity index (χ4n) is 1.48. The monoisotopic (exact) mass is 265 g/mol. The molecule has 2 rings (SSSR count). The maximum Gasteiger partial charge on any atom is 0.335 e. The number of aryl methyl sites for hydroxylation is 1. The molecule has 0 fully saturated rings. The van der Waals surface area contributed by atoms with Gasteiger partial charge in [0.15, 0.2) is 5.82 Å². The van der Waals surface area contributed by atoms with Gasteiger partial charge in [0.1, 0.15) is 11.6 Å². The zero-order valence-corrected chi connectivity index (χ0v) is 9.85. The first kappa shape index (κ1) is 12.9. The predicted octanol–water partition coefficient (Wildman–Crippen LogP) is 3.16. The lowest BCUT2D eigenvalue weighted by Gasteiger charge is -2.09. The van der Waals surface area contributed by atoms with Crippen molar-refractivity contribution in [1.29, 1.82) is 0 Å². The second-order valence-corrected chi connectivity index (χ2v) is 3.83. The number of carboxylic acid groups (broad SMARTS) is 1. The second-order valence-electron chi connectivity index (χ2n) is 3.83. The number of benzene rings is 1. The van der Waals surface area contributed by atoms with Crippen LogP contribution in [0.2, 0.25) is 0 Å². The van der Waals surface area contributed by atoms with E-state index in [4.69, 9.17) is 9.84 Å². The van der Waals surface area contributed by atoms with Gasteiger partial charge in [0.05, 0.1) is 11.8 Å². The summed E-state index contributed by atoms with van der Waals surface area (Å²) in [7, 11) is 0. The van der Waals surface area contributed by atoms with Crippen LogP contribution >= 0.6 is 0 Å². The normalized spacial score (nSPS) is 10.3. The van der Waals surface area contributed by atoms with E-state index in [0.29, 0.717) is 11.6 Å². The van der Waals surface area contributed by atoms with Gasteiger partial charge >= 0.3 is 5.97 Å². The Morgan fingerprint density at radius 2 is 2.05 bits per heavy atom. The van der Waals surface area contributed by atoms with Crippen molar-refractivity contribution in [3.63, 3.8) is 0 Å². The molecule has 4 nitrogen and oxygen atoms in total. The van der Waals surface area contributed by atoms with E-state index < -0.39 is 17.6 Å². The van der Waals surface area contributed by atoms with Crippen LogP contribution in [0, 0.1) is 18.6 Å². The molecule has 1 heterocycles. The minimum atomic E-state index is -1.07. The molecule has 0 saturated heterocycles. The van der Waals surface area contributed by atoms with E-state index in [1.54, 1.807) is 6.92 Å². The molecular weight excluding hydrogens is 256 g/mol. The third kappa shape index (κ3) is 2.85. The minimum Gasteiger partial charge on any atom is -0.478 e. The Balaban J connectivity index is 2.31. The molecule has 1 N–H and O–H groups in total. The predicted molar refractivity (Wildman–Crippen MR) is 62.4 cm³/mol. The van der Waals surface area contributed by atoms with E-state index in [2.05, 4.69) is 4.98 Å². The lowest BCUT2D eigenvalue weighted by molar-refractivity contribution is 0.0696. The first-order valence-corrected chi connectivity index (χ1v) is 5.30. The van der Waals surface area contributed by atoms with Gasteiger partial charge in [-0.3, -0.25) is 0 Å². The summed E-state index contributed by atoms with van der Waals surface area (Å²) in [5.74, 6) is -2.92. The highest BCUT2D eigenvalue weighted by Crippen LogP contribution is 2.26. The molecule has 0 aliphatic heterocycles. The molecule has 98 valence electrons. The highest BCUT2D eigenvalue weighted by molar-refractivity contribution is 5.88. The number of halogens is 2. The third-order valence-electron chi connectivity index (χ3n) is 2.40. The molecule has 0 bridgehead atoms. The fraction of sp³-hybridized carbons (Fsp3) is 0.0769. The number of carbonyl (C=O) groups is 1. The van der Waals surface area contributed by atoms with Crippen LogP contribution in [0.25, 0.3) is 0 Å². The molecule has 0 atom stereocenters. The number of carboxylic acids is 1. The summed E-state index contributed by atoms with van der Waals surface area (Å²) in [5.41, 5.74) is 0.600. The smallest absolute Gasteiger partial charge is 0.335 e. The molecule has 0 aliphatic carbocycles. The van der Waals surface area contributed by atoms with E-state index in [0.717, 1.165) is 6.20 Å². The average molecular weight is 265 g/mol. The van der Waals surface area contributed by atoms with E-state index >= 15 is 0 Å². The van der Waals surface area contributed by atoms with Gasteiger partial charge in [-0.05, 0) is 30.7 Å². The fourth-order valence-corrected chi connectivity index (χ4v) is 1.48. The zero-order chi connectivity index (χ0) is 14.0. The summed E-state index contributed by atoms with van der Waals surface area (Å²) in [6.45, 7) is 1.61. The summed E-state index contributed by atoms with van der Waals surface area (Å²) < 4.78 is 31.2. The lowest BCUT2D eigenvalue weighted by Crippen LogP contribution is -1.99. The largest absolute Gasteiger partial charge is 0.478 e. The van der Waals surface area contributed by atoms with Crippen molar-refractivity contribution in [2.45, 2.75) is 6.92 Å². The van der Waals surface area contributed by atoms with Gasteiger partial charge < -0.3 is 9.84 Å². The van der Waals surface area contributed by atoms with Crippen molar-refractivity contribution in [3.8, 4) is 11.6 Å². The van der Waals surface area contributed by atoms with Crippen LogP contribution in [0.4, 0.5) is 8.78 Å². The number of hydrogen-bond donors (Lipinski definition) is 1. The molecule has 0 unspecified atom stereocenters. The van der Waals surface area contributed by atoms with Gasteiger partial charge in [0.25, 0.3) is 5.88 Å². The van der Waals surface area contributed by atoms with Gasteiger partial charge in [-0.25, -0.2) is 18.6 Å². The summed E-state index contributed by atoms with van der Waals surface area (Å²) in [4.78, 5) is 14.2. The van der Waals surface area contributed by atoms with Crippen LogP contribution in [-0.4, -0.2) is 16.1 Å². The van der Waals surface area contributed by atoms with Gasteiger partial charge in [-0.1, -0.05) is 0 Å². The summed E-state index contributed by atoms with van der Waals surface area (Å²) in [5, 5.41) is 8.81. The summed E-state index contributed by atoms with van der Waals surface area (Å²) in [6, 6.07) is 4.76. The number of rotatable bonds is 3. The molecule has 0 radical (unpaired) electrons. The Kier molecular flexibility index (Phi) is 3.41. The van der Waals surface area contributed by atoms with Crippen LogP contribution in [0.3, 0.4) is 0 Å². The Morgan fingerprint density at radius 3 is 2.63 bits per heavy atom.